The monoisotopic (exact) mass is 481 g/mol. The Morgan fingerprint density at radius 2 is 2.09 bits per heavy atom. The lowest BCUT2D eigenvalue weighted by atomic mass is 9.86. The summed E-state index contributed by atoms with van der Waals surface area (Å²) in [6.45, 7) is 2.27. The number of anilines is 2. The van der Waals surface area contributed by atoms with Crippen molar-refractivity contribution in [2.75, 3.05) is 23.9 Å². The van der Waals surface area contributed by atoms with Crippen LogP contribution in [-0.4, -0.2) is 57.8 Å². The van der Waals surface area contributed by atoms with E-state index in [4.69, 9.17) is 0 Å². The SMILES string of the molecule is Cc1nc2c(Nc3ncnc4[nH]c5c(c34)CC(C(=O)NCCCS(C)(=O)=O)CC5)cccc2[nH]1. The Morgan fingerprint density at radius 3 is 2.91 bits per heavy atom. The summed E-state index contributed by atoms with van der Waals surface area (Å²) in [7, 11) is -3.03. The minimum atomic E-state index is -3.03. The molecule has 0 spiro atoms. The maximum Gasteiger partial charge on any atom is 0.223 e. The second-order valence-electron chi connectivity index (χ2n) is 8.89. The van der Waals surface area contributed by atoms with Gasteiger partial charge < -0.3 is 20.6 Å². The lowest BCUT2D eigenvalue weighted by Gasteiger charge is -2.22. The molecule has 0 bridgehead atoms. The van der Waals surface area contributed by atoms with Crippen molar-refractivity contribution in [3.8, 4) is 0 Å². The number of imidazole rings is 1. The van der Waals surface area contributed by atoms with Gasteiger partial charge in [-0.05, 0) is 50.3 Å². The highest BCUT2D eigenvalue weighted by Gasteiger charge is 2.29. The first-order valence-corrected chi connectivity index (χ1v) is 13.4. The molecule has 34 heavy (non-hydrogen) atoms. The molecule has 11 heteroatoms. The number of nitrogens with one attached hydrogen (secondary N) is 4. The number of nitrogens with zero attached hydrogens (tertiary/aromatic N) is 3. The predicted octanol–water partition coefficient (Wildman–Crippen LogP) is 2.54. The molecule has 0 saturated carbocycles. The van der Waals surface area contributed by atoms with E-state index < -0.39 is 9.84 Å². The van der Waals surface area contributed by atoms with Crippen LogP contribution in [0.25, 0.3) is 22.1 Å². The van der Waals surface area contributed by atoms with Crippen molar-refractivity contribution in [2.45, 2.75) is 32.6 Å². The molecule has 3 heterocycles. The number of carbonyl (C=O) groups excluding carboxylic acids is 1. The minimum Gasteiger partial charge on any atom is -0.356 e. The van der Waals surface area contributed by atoms with Crippen LogP contribution in [0.2, 0.25) is 0 Å². The lowest BCUT2D eigenvalue weighted by Crippen LogP contribution is -2.35. The average molecular weight is 482 g/mol. The van der Waals surface area contributed by atoms with Gasteiger partial charge in [-0.1, -0.05) is 6.07 Å². The zero-order valence-electron chi connectivity index (χ0n) is 19.1. The number of carbonyl (C=O) groups is 1. The highest BCUT2D eigenvalue weighted by Crippen LogP contribution is 2.36. The van der Waals surface area contributed by atoms with Crippen LogP contribution in [0.3, 0.4) is 0 Å². The van der Waals surface area contributed by atoms with E-state index in [0.29, 0.717) is 25.2 Å². The molecule has 10 nitrogen and oxygen atoms in total. The number of hydrogen-bond donors (Lipinski definition) is 4. The van der Waals surface area contributed by atoms with Crippen molar-refractivity contribution in [3.63, 3.8) is 0 Å². The van der Waals surface area contributed by atoms with Crippen LogP contribution in [-0.2, 0) is 27.5 Å². The summed E-state index contributed by atoms with van der Waals surface area (Å²) in [5, 5.41) is 7.21. The summed E-state index contributed by atoms with van der Waals surface area (Å²) in [6, 6.07) is 5.90. The number of sulfone groups is 1. The fraction of sp³-hybridized carbons (Fsp3) is 0.391. The van der Waals surface area contributed by atoms with Gasteiger partial charge in [0.25, 0.3) is 0 Å². The first-order valence-electron chi connectivity index (χ1n) is 11.3. The van der Waals surface area contributed by atoms with Crippen molar-refractivity contribution in [2.24, 2.45) is 5.92 Å². The first kappa shape index (κ1) is 22.3. The molecular formula is C23H27N7O3S. The third kappa shape index (κ3) is 4.47. The van der Waals surface area contributed by atoms with E-state index >= 15 is 0 Å². The molecule has 1 aliphatic rings. The smallest absolute Gasteiger partial charge is 0.223 e. The summed E-state index contributed by atoms with van der Waals surface area (Å²) < 4.78 is 22.6. The van der Waals surface area contributed by atoms with Gasteiger partial charge in [0.2, 0.25) is 5.91 Å². The van der Waals surface area contributed by atoms with E-state index in [1.165, 1.54) is 12.6 Å². The fourth-order valence-electron chi connectivity index (χ4n) is 4.63. The zero-order chi connectivity index (χ0) is 23.9. The van der Waals surface area contributed by atoms with Crippen molar-refractivity contribution in [3.05, 3.63) is 41.6 Å². The van der Waals surface area contributed by atoms with Gasteiger partial charge in [0.1, 0.15) is 39.0 Å². The molecule has 1 amide bonds. The van der Waals surface area contributed by atoms with Crippen LogP contribution in [0.1, 0.15) is 29.9 Å². The molecule has 1 unspecified atom stereocenters. The second kappa shape index (κ2) is 8.71. The number of fused-ring (bicyclic) bond motifs is 4. The maximum absolute atomic E-state index is 12.8. The van der Waals surface area contributed by atoms with Gasteiger partial charge in [-0.25, -0.2) is 23.4 Å². The molecular weight excluding hydrogens is 454 g/mol. The summed E-state index contributed by atoms with van der Waals surface area (Å²) in [5.74, 6) is 1.34. The summed E-state index contributed by atoms with van der Waals surface area (Å²) in [5.41, 5.74) is 5.48. The van der Waals surface area contributed by atoms with Gasteiger partial charge in [-0.2, -0.15) is 0 Å². The molecule has 4 aromatic rings. The van der Waals surface area contributed by atoms with Crippen LogP contribution < -0.4 is 10.6 Å². The molecule has 0 radical (unpaired) electrons. The number of aromatic nitrogens is 5. The molecule has 1 aromatic carbocycles. The summed E-state index contributed by atoms with van der Waals surface area (Å²) >= 11 is 0. The molecule has 0 saturated heterocycles. The van der Waals surface area contributed by atoms with Crippen LogP contribution in [0.5, 0.6) is 0 Å². The van der Waals surface area contributed by atoms with Crippen LogP contribution in [0, 0.1) is 12.8 Å². The van der Waals surface area contributed by atoms with E-state index in [1.807, 2.05) is 25.1 Å². The van der Waals surface area contributed by atoms with E-state index in [9.17, 15) is 13.2 Å². The van der Waals surface area contributed by atoms with Gasteiger partial charge in [0.15, 0.2) is 0 Å². The number of rotatable bonds is 7. The van der Waals surface area contributed by atoms with Crippen LogP contribution in [0.4, 0.5) is 11.5 Å². The van der Waals surface area contributed by atoms with Crippen molar-refractivity contribution in [1.29, 1.82) is 0 Å². The Balaban J connectivity index is 1.39. The Bertz CT molecular complexity index is 1490. The number of aryl methyl sites for hydroxylation is 2. The largest absolute Gasteiger partial charge is 0.356 e. The standard InChI is InChI=1S/C23H27N7O3S/c1-13-27-17-5-3-6-18(20(17)28-13)30-22-19-15-11-14(23(31)24-9-4-10-34(2,32)33)7-8-16(15)29-21(19)25-12-26-22/h3,5-6,12,14H,4,7-11H2,1-2H3,(H,24,31)(H,27,28)(H2,25,26,29,30). The Morgan fingerprint density at radius 1 is 1.24 bits per heavy atom. The maximum atomic E-state index is 12.8. The van der Waals surface area contributed by atoms with Crippen LogP contribution in [0.15, 0.2) is 24.5 Å². The van der Waals surface area contributed by atoms with E-state index in [-0.39, 0.29) is 17.6 Å². The molecule has 178 valence electrons. The highest BCUT2D eigenvalue weighted by molar-refractivity contribution is 7.90. The number of benzene rings is 1. The normalized spacial score (nSPS) is 16.0. The molecule has 1 aliphatic carbocycles. The van der Waals surface area contributed by atoms with Crippen molar-refractivity contribution in [1.82, 2.24) is 30.2 Å². The Hall–Kier alpha value is -3.47. The number of H-pyrrole nitrogens is 2. The third-order valence-electron chi connectivity index (χ3n) is 6.22. The first-order chi connectivity index (χ1) is 16.3. The molecule has 4 N–H and O–H groups in total. The quantitative estimate of drug-likeness (QED) is 0.297. The van der Waals surface area contributed by atoms with Crippen molar-refractivity contribution < 1.29 is 13.2 Å². The van der Waals surface area contributed by atoms with Gasteiger partial charge in [-0.3, -0.25) is 4.79 Å². The van der Waals surface area contributed by atoms with E-state index in [2.05, 4.69) is 35.6 Å². The number of para-hydroxylation sites is 1. The zero-order valence-corrected chi connectivity index (χ0v) is 19.9. The number of aromatic amines is 2. The minimum absolute atomic E-state index is 0.0448. The van der Waals surface area contributed by atoms with Crippen LogP contribution >= 0.6 is 0 Å². The molecule has 1 atom stereocenters. The number of amides is 1. The van der Waals surface area contributed by atoms with Gasteiger partial charge in [-0.15, -0.1) is 0 Å². The third-order valence-corrected chi connectivity index (χ3v) is 7.25. The van der Waals surface area contributed by atoms with Gasteiger partial charge in [0, 0.05) is 24.4 Å². The molecule has 0 fully saturated rings. The van der Waals surface area contributed by atoms with Gasteiger partial charge in [0.05, 0.1) is 22.3 Å². The topological polar surface area (TPSA) is 146 Å². The molecule has 3 aromatic heterocycles. The predicted molar refractivity (Wildman–Crippen MR) is 131 cm³/mol. The average Bonchev–Trinajstić information content (AvgIpc) is 3.36. The Labute approximate surface area is 196 Å². The second-order valence-corrected chi connectivity index (χ2v) is 11.2. The Kier molecular flexibility index (Phi) is 5.72. The summed E-state index contributed by atoms with van der Waals surface area (Å²) in [6.07, 6.45) is 5.17. The lowest BCUT2D eigenvalue weighted by molar-refractivity contribution is -0.125. The fourth-order valence-corrected chi connectivity index (χ4v) is 5.30. The summed E-state index contributed by atoms with van der Waals surface area (Å²) in [4.78, 5) is 33.0. The number of hydrogen-bond acceptors (Lipinski definition) is 7. The molecule has 5 rings (SSSR count). The van der Waals surface area contributed by atoms with E-state index in [1.54, 1.807) is 0 Å². The highest BCUT2D eigenvalue weighted by atomic mass is 32.2. The van der Waals surface area contributed by atoms with E-state index in [0.717, 1.165) is 57.7 Å². The van der Waals surface area contributed by atoms with Crippen molar-refractivity contribution >= 4 is 49.3 Å². The van der Waals surface area contributed by atoms with Gasteiger partial charge >= 0.3 is 0 Å². The molecule has 0 aliphatic heterocycles.